The van der Waals surface area contributed by atoms with Gasteiger partial charge in [-0.3, -0.25) is 10.1 Å². The highest BCUT2D eigenvalue weighted by atomic mass is 17.0. The molecule has 10 heteroatoms. The van der Waals surface area contributed by atoms with E-state index in [1.807, 2.05) is 12.1 Å². The zero-order valence-corrected chi connectivity index (χ0v) is 16.3. The maximum atomic E-state index is 11.9. The standard InChI is InChI=1S/C18H26N2O8/c1-18(2,3)28-17(22)19-15-9-5-4-7-14(15)8-6-10-16(21)26-13-25-11-12-27-20(23)24/h4-5,7,9H,6,8,10-13H2,1-3H3,(H,19,22). The highest BCUT2D eigenvalue weighted by molar-refractivity contribution is 5.85. The fourth-order valence-corrected chi connectivity index (χ4v) is 2.11. The Hall–Kier alpha value is -2.88. The number of aryl methyl sites for hydroxylation is 1. The van der Waals surface area contributed by atoms with Crippen LogP contribution in [0.1, 0.15) is 39.2 Å². The van der Waals surface area contributed by atoms with E-state index in [9.17, 15) is 19.7 Å². The van der Waals surface area contributed by atoms with Crippen molar-refractivity contribution in [1.82, 2.24) is 0 Å². The van der Waals surface area contributed by atoms with E-state index in [1.54, 1.807) is 32.9 Å². The topological polar surface area (TPSA) is 126 Å². The number of nitrogens with one attached hydrogen (secondary N) is 1. The fraction of sp³-hybridized carbons (Fsp3) is 0.556. The predicted molar refractivity (Wildman–Crippen MR) is 99.1 cm³/mol. The van der Waals surface area contributed by atoms with E-state index in [0.717, 1.165) is 5.56 Å². The number of para-hydroxylation sites is 1. The summed E-state index contributed by atoms with van der Waals surface area (Å²) in [4.78, 5) is 37.6. The first-order valence-corrected chi connectivity index (χ1v) is 8.76. The lowest BCUT2D eigenvalue weighted by Gasteiger charge is -2.20. The monoisotopic (exact) mass is 398 g/mol. The second kappa shape index (κ2) is 11.8. The third-order valence-electron chi connectivity index (χ3n) is 3.21. The van der Waals surface area contributed by atoms with Gasteiger partial charge in [0.1, 0.15) is 12.2 Å². The van der Waals surface area contributed by atoms with Crippen LogP contribution in [0.3, 0.4) is 0 Å². The molecule has 0 aliphatic carbocycles. The molecule has 0 bridgehead atoms. The van der Waals surface area contributed by atoms with Crippen molar-refractivity contribution in [2.45, 2.75) is 45.6 Å². The van der Waals surface area contributed by atoms with Crippen molar-refractivity contribution in [3.8, 4) is 0 Å². The Morgan fingerprint density at radius 1 is 1.18 bits per heavy atom. The molecule has 28 heavy (non-hydrogen) atoms. The van der Waals surface area contributed by atoms with Gasteiger partial charge in [-0.05, 0) is 45.2 Å². The molecular formula is C18H26N2O8. The van der Waals surface area contributed by atoms with Gasteiger partial charge in [-0.25, -0.2) is 4.79 Å². The number of hydrogen-bond acceptors (Lipinski definition) is 8. The lowest BCUT2D eigenvalue weighted by molar-refractivity contribution is -0.758. The molecule has 0 atom stereocenters. The summed E-state index contributed by atoms with van der Waals surface area (Å²) >= 11 is 0. The molecule has 1 N–H and O–H groups in total. The van der Waals surface area contributed by atoms with Crippen LogP contribution in [-0.2, 0) is 30.3 Å². The van der Waals surface area contributed by atoms with Crippen LogP contribution in [0.5, 0.6) is 0 Å². The maximum Gasteiger partial charge on any atom is 0.412 e. The Morgan fingerprint density at radius 2 is 1.89 bits per heavy atom. The molecule has 1 aromatic carbocycles. The lowest BCUT2D eigenvalue weighted by Crippen LogP contribution is -2.27. The van der Waals surface area contributed by atoms with Crippen LogP contribution in [-0.4, -0.2) is 42.8 Å². The van der Waals surface area contributed by atoms with Crippen molar-refractivity contribution in [2.24, 2.45) is 0 Å². The molecule has 1 amide bonds. The summed E-state index contributed by atoms with van der Waals surface area (Å²) < 4.78 is 15.0. The van der Waals surface area contributed by atoms with E-state index in [1.165, 1.54) is 0 Å². The molecule has 0 saturated carbocycles. The van der Waals surface area contributed by atoms with Gasteiger partial charge in [0.2, 0.25) is 0 Å². The van der Waals surface area contributed by atoms with Crippen molar-refractivity contribution < 1.29 is 33.7 Å². The average Bonchev–Trinajstić information content (AvgIpc) is 2.57. The van der Waals surface area contributed by atoms with E-state index >= 15 is 0 Å². The molecule has 0 unspecified atom stereocenters. The van der Waals surface area contributed by atoms with Crippen LogP contribution in [0.4, 0.5) is 10.5 Å². The summed E-state index contributed by atoms with van der Waals surface area (Å²) in [5.41, 5.74) is 0.897. The first kappa shape index (κ1) is 23.2. The van der Waals surface area contributed by atoms with Crippen molar-refractivity contribution >= 4 is 17.7 Å². The van der Waals surface area contributed by atoms with E-state index in [2.05, 4.69) is 10.2 Å². The van der Waals surface area contributed by atoms with Gasteiger partial charge in [-0.1, -0.05) is 18.2 Å². The molecule has 0 saturated heterocycles. The highest BCUT2D eigenvalue weighted by Gasteiger charge is 2.17. The number of carbonyl (C=O) groups is 2. The van der Waals surface area contributed by atoms with Crippen molar-refractivity contribution in [1.29, 1.82) is 0 Å². The summed E-state index contributed by atoms with van der Waals surface area (Å²) in [5.74, 6) is -0.451. The van der Waals surface area contributed by atoms with Gasteiger partial charge < -0.3 is 19.0 Å². The smallest absolute Gasteiger partial charge is 0.412 e. The van der Waals surface area contributed by atoms with Gasteiger partial charge >= 0.3 is 12.1 Å². The molecular weight excluding hydrogens is 372 g/mol. The van der Waals surface area contributed by atoms with Crippen molar-refractivity contribution in [3.63, 3.8) is 0 Å². The molecule has 156 valence electrons. The molecule has 0 radical (unpaired) electrons. The van der Waals surface area contributed by atoms with Gasteiger partial charge in [0.05, 0.1) is 6.61 Å². The number of rotatable bonds is 11. The number of ether oxygens (including phenoxy) is 3. The average molecular weight is 398 g/mol. The van der Waals surface area contributed by atoms with Crippen LogP contribution >= 0.6 is 0 Å². The van der Waals surface area contributed by atoms with Crippen LogP contribution in [0.2, 0.25) is 0 Å². The second-order valence-electron chi connectivity index (χ2n) is 6.74. The molecule has 10 nitrogen and oxygen atoms in total. The number of hydrogen-bond donors (Lipinski definition) is 1. The van der Waals surface area contributed by atoms with Gasteiger partial charge in [-0.15, -0.1) is 10.1 Å². The number of anilines is 1. The summed E-state index contributed by atoms with van der Waals surface area (Å²) in [5, 5.41) is 11.7. The Balaban J connectivity index is 2.32. The van der Waals surface area contributed by atoms with Gasteiger partial charge in [-0.2, -0.15) is 0 Å². The fourth-order valence-electron chi connectivity index (χ4n) is 2.11. The zero-order valence-electron chi connectivity index (χ0n) is 16.3. The van der Waals surface area contributed by atoms with E-state index < -0.39 is 22.8 Å². The number of carbonyl (C=O) groups excluding carboxylic acids is 2. The minimum absolute atomic E-state index is 0.0576. The molecule has 0 aliphatic rings. The largest absolute Gasteiger partial charge is 0.444 e. The third-order valence-corrected chi connectivity index (χ3v) is 3.21. The minimum atomic E-state index is -0.926. The lowest BCUT2D eigenvalue weighted by atomic mass is 10.1. The number of esters is 1. The normalized spacial score (nSPS) is 10.8. The van der Waals surface area contributed by atoms with Crippen molar-refractivity contribution in [3.05, 3.63) is 39.9 Å². The van der Waals surface area contributed by atoms with Gasteiger partial charge in [0, 0.05) is 12.1 Å². The molecule has 0 fully saturated rings. The summed E-state index contributed by atoms with van der Waals surface area (Å²) in [6.07, 6.45) is 0.683. The van der Waals surface area contributed by atoms with Crippen LogP contribution in [0.25, 0.3) is 0 Å². The molecule has 1 aromatic rings. The number of nitrogens with zero attached hydrogens (tertiary/aromatic N) is 1. The second-order valence-corrected chi connectivity index (χ2v) is 6.74. The summed E-state index contributed by atoms with van der Waals surface area (Å²) in [6.45, 7) is 4.76. The Bertz CT molecular complexity index is 657. The van der Waals surface area contributed by atoms with Crippen LogP contribution in [0.15, 0.2) is 24.3 Å². The minimum Gasteiger partial charge on any atom is -0.444 e. The summed E-state index contributed by atoms with van der Waals surface area (Å²) in [6, 6.07) is 7.26. The molecule has 0 aliphatic heterocycles. The highest BCUT2D eigenvalue weighted by Crippen LogP contribution is 2.19. The van der Waals surface area contributed by atoms with Gasteiger partial charge in [0.15, 0.2) is 6.79 Å². The number of benzene rings is 1. The zero-order chi connectivity index (χ0) is 21.0. The van der Waals surface area contributed by atoms with Crippen LogP contribution < -0.4 is 5.32 Å². The van der Waals surface area contributed by atoms with E-state index in [-0.39, 0.29) is 26.4 Å². The van der Waals surface area contributed by atoms with E-state index in [4.69, 9.17) is 14.2 Å². The Morgan fingerprint density at radius 3 is 2.57 bits per heavy atom. The quantitative estimate of drug-likeness (QED) is 0.198. The molecule has 0 aromatic heterocycles. The first-order valence-electron chi connectivity index (χ1n) is 8.76. The Labute approximate surface area is 163 Å². The predicted octanol–water partition coefficient (Wildman–Crippen LogP) is 3.08. The third kappa shape index (κ3) is 11.0. The first-order chi connectivity index (χ1) is 13.2. The Kier molecular flexibility index (Phi) is 9.72. The molecule has 0 spiro atoms. The van der Waals surface area contributed by atoms with Gasteiger partial charge in [0.25, 0.3) is 5.09 Å². The summed E-state index contributed by atoms with van der Waals surface area (Å²) in [7, 11) is 0. The molecule has 0 heterocycles. The maximum absolute atomic E-state index is 11.9. The number of amides is 1. The van der Waals surface area contributed by atoms with Crippen LogP contribution in [0, 0.1) is 10.1 Å². The SMILES string of the molecule is CC(C)(C)OC(=O)Nc1ccccc1CCCC(=O)OCOCCO[N+](=O)[O-]. The van der Waals surface area contributed by atoms with E-state index in [0.29, 0.717) is 18.5 Å². The molecule has 1 rings (SSSR count). The van der Waals surface area contributed by atoms with Crippen molar-refractivity contribution in [2.75, 3.05) is 25.3 Å².